The number of thioether (sulfide) groups is 1. The smallest absolute Gasteiger partial charge is 0.259 e. The van der Waals surface area contributed by atoms with Crippen LogP contribution in [0.4, 0.5) is 5.69 Å². The largest absolute Gasteiger partial charge is 0.351 e. The zero-order valence-corrected chi connectivity index (χ0v) is 19.7. The maximum absolute atomic E-state index is 13.4. The summed E-state index contributed by atoms with van der Waals surface area (Å²) in [6, 6.07) is 24.3. The molecule has 1 atom stereocenters. The first-order valence-corrected chi connectivity index (χ1v) is 12.2. The summed E-state index contributed by atoms with van der Waals surface area (Å²) in [5.74, 6) is 0.462. The lowest BCUT2D eigenvalue weighted by molar-refractivity contribution is -0.124. The molecule has 5 rings (SSSR count). The lowest BCUT2D eigenvalue weighted by Crippen LogP contribution is -2.42. The Morgan fingerprint density at radius 1 is 0.971 bits per heavy atom. The van der Waals surface area contributed by atoms with Gasteiger partial charge in [-0.2, -0.15) is 0 Å². The Morgan fingerprint density at radius 2 is 1.71 bits per heavy atom. The second-order valence-corrected chi connectivity index (χ2v) is 9.31. The number of hydrogen-bond acceptors (Lipinski definition) is 5. The highest BCUT2D eigenvalue weighted by Crippen LogP contribution is 2.34. The maximum Gasteiger partial charge on any atom is 0.259 e. The van der Waals surface area contributed by atoms with Crippen molar-refractivity contribution in [3.8, 4) is 0 Å². The molecule has 0 bridgehead atoms. The van der Waals surface area contributed by atoms with Crippen LogP contribution in [0.15, 0.2) is 88.8 Å². The van der Waals surface area contributed by atoms with Gasteiger partial charge in [-0.15, -0.1) is 0 Å². The first-order valence-electron chi connectivity index (χ1n) is 10.9. The second kappa shape index (κ2) is 9.83. The van der Waals surface area contributed by atoms with Crippen LogP contribution in [-0.2, 0) is 22.6 Å². The van der Waals surface area contributed by atoms with Crippen molar-refractivity contribution in [3.05, 3.63) is 101 Å². The highest BCUT2D eigenvalue weighted by atomic mass is 35.5. The Morgan fingerprint density at radius 3 is 2.50 bits per heavy atom. The molecule has 0 saturated carbocycles. The third-order valence-corrected chi connectivity index (χ3v) is 6.75. The standard InChI is InChI=1S/C26H21ClN4O2S/c27-19-12-10-18(11-13-19)15-28-23(32)16-34-26-30-21-9-5-4-8-20(21)24-29-22(25(33)31(24)26)14-17-6-2-1-3-7-17/h1-13,22H,14-16H2,(H,28,32)/t22-/m1/s1. The number of carbonyl (C=O) groups is 2. The van der Waals surface area contributed by atoms with E-state index in [9.17, 15) is 9.59 Å². The average molecular weight is 489 g/mol. The van der Waals surface area contributed by atoms with Crippen LogP contribution < -0.4 is 5.32 Å². The van der Waals surface area contributed by atoms with E-state index < -0.39 is 6.04 Å². The maximum atomic E-state index is 13.4. The first kappa shape index (κ1) is 22.4. The molecule has 0 saturated heterocycles. The number of benzene rings is 3. The normalized spacial score (nSPS) is 16.4. The molecule has 2 aliphatic heterocycles. The number of hydrogen-bond donors (Lipinski definition) is 1. The Balaban J connectivity index is 1.31. The van der Waals surface area contributed by atoms with Crippen LogP contribution in [0.3, 0.4) is 0 Å². The van der Waals surface area contributed by atoms with Crippen LogP contribution >= 0.6 is 23.4 Å². The number of aliphatic imine (C=N–C) groups is 2. The summed E-state index contributed by atoms with van der Waals surface area (Å²) in [6.07, 6.45) is 0.515. The van der Waals surface area contributed by atoms with Gasteiger partial charge in [0.1, 0.15) is 11.9 Å². The highest BCUT2D eigenvalue weighted by Gasteiger charge is 2.41. The molecule has 3 aromatic carbocycles. The number of amidine groups is 2. The van der Waals surface area contributed by atoms with Gasteiger partial charge in [-0.25, -0.2) is 9.89 Å². The van der Waals surface area contributed by atoms with E-state index in [-0.39, 0.29) is 17.6 Å². The number of halogens is 1. The average Bonchev–Trinajstić information content (AvgIpc) is 3.19. The zero-order valence-electron chi connectivity index (χ0n) is 18.1. The van der Waals surface area contributed by atoms with Crippen molar-refractivity contribution in [2.45, 2.75) is 19.0 Å². The molecule has 2 amide bonds. The van der Waals surface area contributed by atoms with Crippen molar-refractivity contribution in [3.63, 3.8) is 0 Å². The van der Waals surface area contributed by atoms with Crippen LogP contribution in [-0.4, -0.2) is 39.5 Å². The third kappa shape index (κ3) is 4.76. The fraction of sp³-hybridized carbons (Fsp3) is 0.154. The van der Waals surface area contributed by atoms with Gasteiger partial charge < -0.3 is 5.32 Å². The van der Waals surface area contributed by atoms with Crippen molar-refractivity contribution >= 4 is 51.9 Å². The van der Waals surface area contributed by atoms with E-state index >= 15 is 0 Å². The molecule has 0 unspecified atom stereocenters. The molecule has 1 N–H and O–H groups in total. The second-order valence-electron chi connectivity index (χ2n) is 7.94. The minimum Gasteiger partial charge on any atom is -0.351 e. The molecule has 6 nitrogen and oxygen atoms in total. The van der Waals surface area contributed by atoms with E-state index in [1.54, 1.807) is 17.0 Å². The molecule has 0 spiro atoms. The molecular weight excluding hydrogens is 468 g/mol. The fourth-order valence-corrected chi connectivity index (χ4v) is 4.81. The Kier molecular flexibility index (Phi) is 6.47. The number of carbonyl (C=O) groups excluding carboxylic acids is 2. The van der Waals surface area contributed by atoms with Gasteiger partial charge in [0.15, 0.2) is 5.17 Å². The van der Waals surface area contributed by atoms with Crippen LogP contribution in [0.25, 0.3) is 0 Å². The summed E-state index contributed by atoms with van der Waals surface area (Å²) in [5, 5.41) is 4.02. The summed E-state index contributed by atoms with van der Waals surface area (Å²) in [5.41, 5.74) is 3.57. The summed E-state index contributed by atoms with van der Waals surface area (Å²) >= 11 is 7.15. The van der Waals surface area contributed by atoms with Gasteiger partial charge in [0.2, 0.25) is 5.91 Å². The van der Waals surface area contributed by atoms with E-state index in [2.05, 4.69) is 10.3 Å². The predicted molar refractivity (Wildman–Crippen MR) is 137 cm³/mol. The van der Waals surface area contributed by atoms with Crippen molar-refractivity contribution < 1.29 is 9.59 Å². The Bertz CT molecular complexity index is 1290. The first-order chi connectivity index (χ1) is 16.6. The highest BCUT2D eigenvalue weighted by molar-refractivity contribution is 8.14. The van der Waals surface area contributed by atoms with E-state index in [0.717, 1.165) is 22.4 Å². The van der Waals surface area contributed by atoms with Crippen molar-refractivity contribution in [2.75, 3.05) is 5.75 Å². The van der Waals surface area contributed by atoms with E-state index in [1.165, 1.54) is 11.8 Å². The van der Waals surface area contributed by atoms with Crippen LogP contribution in [0.2, 0.25) is 5.02 Å². The van der Waals surface area contributed by atoms with Crippen LogP contribution in [0.5, 0.6) is 0 Å². The zero-order chi connectivity index (χ0) is 23.5. The third-order valence-electron chi connectivity index (χ3n) is 5.55. The molecule has 2 aliphatic rings. The molecule has 8 heteroatoms. The van der Waals surface area contributed by atoms with Crippen molar-refractivity contribution in [1.29, 1.82) is 0 Å². The van der Waals surface area contributed by atoms with Gasteiger partial charge in [-0.05, 0) is 35.4 Å². The predicted octanol–water partition coefficient (Wildman–Crippen LogP) is 4.59. The molecule has 0 radical (unpaired) electrons. The van der Waals surface area contributed by atoms with Crippen LogP contribution in [0.1, 0.15) is 16.7 Å². The lowest BCUT2D eigenvalue weighted by atomic mass is 10.1. The van der Waals surface area contributed by atoms with Gasteiger partial charge in [0.05, 0.1) is 11.4 Å². The van der Waals surface area contributed by atoms with Crippen molar-refractivity contribution in [2.24, 2.45) is 9.98 Å². The van der Waals surface area contributed by atoms with E-state index in [1.807, 2.05) is 66.7 Å². The molecule has 170 valence electrons. The lowest BCUT2D eigenvalue weighted by Gasteiger charge is -2.25. The molecule has 34 heavy (non-hydrogen) atoms. The molecule has 0 aromatic heterocycles. The van der Waals surface area contributed by atoms with Gasteiger partial charge in [0, 0.05) is 23.6 Å². The van der Waals surface area contributed by atoms with Gasteiger partial charge in [-0.3, -0.25) is 14.6 Å². The van der Waals surface area contributed by atoms with E-state index in [0.29, 0.717) is 29.0 Å². The molecule has 0 aliphatic carbocycles. The molecule has 0 fully saturated rings. The number of para-hydroxylation sites is 1. The quantitative estimate of drug-likeness (QED) is 0.551. The number of fused-ring (bicyclic) bond motifs is 3. The fourth-order valence-electron chi connectivity index (χ4n) is 3.85. The number of amides is 2. The number of rotatable bonds is 6. The Hall–Kier alpha value is -3.42. The van der Waals surface area contributed by atoms with Gasteiger partial charge in [0.25, 0.3) is 5.91 Å². The summed E-state index contributed by atoms with van der Waals surface area (Å²) in [6.45, 7) is 0.403. The van der Waals surface area contributed by atoms with Gasteiger partial charge in [-0.1, -0.05) is 78.0 Å². The topological polar surface area (TPSA) is 74.1 Å². The SMILES string of the molecule is O=C(CSC1=Nc2ccccc2C2=N[C@H](Cc3ccccc3)C(=O)N12)NCc1ccc(Cl)cc1. The minimum absolute atomic E-state index is 0.124. The van der Waals surface area contributed by atoms with E-state index in [4.69, 9.17) is 16.6 Å². The van der Waals surface area contributed by atoms with Crippen LogP contribution in [0, 0.1) is 0 Å². The molecule has 3 aromatic rings. The monoisotopic (exact) mass is 488 g/mol. The van der Waals surface area contributed by atoms with Crippen molar-refractivity contribution in [1.82, 2.24) is 10.2 Å². The summed E-state index contributed by atoms with van der Waals surface area (Å²) < 4.78 is 0. The number of nitrogens with one attached hydrogen (secondary N) is 1. The van der Waals surface area contributed by atoms with Gasteiger partial charge >= 0.3 is 0 Å². The molecular formula is C26H21ClN4O2S. The minimum atomic E-state index is -0.520. The summed E-state index contributed by atoms with van der Waals surface area (Å²) in [4.78, 5) is 36.9. The molecule has 2 heterocycles. The Labute approximate surface area is 206 Å². The summed E-state index contributed by atoms with van der Waals surface area (Å²) in [7, 11) is 0. The number of nitrogens with zero attached hydrogens (tertiary/aromatic N) is 3.